The van der Waals surface area contributed by atoms with E-state index < -0.39 is 11.7 Å². The first-order valence-corrected chi connectivity index (χ1v) is 4.27. The molecule has 16 heavy (non-hydrogen) atoms. The molecule has 2 nitrogen and oxygen atoms in total. The Hall–Kier alpha value is -1.91. The molecule has 1 aromatic rings. The summed E-state index contributed by atoms with van der Waals surface area (Å²) in [5, 5.41) is 0. The van der Waals surface area contributed by atoms with Gasteiger partial charge in [-0.15, -0.1) is 0 Å². The van der Waals surface area contributed by atoms with Crippen molar-refractivity contribution in [1.82, 2.24) is 0 Å². The van der Waals surface area contributed by atoms with Gasteiger partial charge in [-0.1, -0.05) is 18.2 Å². The fourth-order valence-electron chi connectivity index (χ4n) is 1.18. The Labute approximate surface area is 89.4 Å². The van der Waals surface area contributed by atoms with E-state index in [1.54, 1.807) is 0 Å². The van der Waals surface area contributed by atoms with Crippen LogP contribution in [0.1, 0.15) is 21.5 Å². The molecule has 0 aliphatic heterocycles. The Morgan fingerprint density at radius 2 is 1.81 bits per heavy atom. The van der Waals surface area contributed by atoms with Gasteiger partial charge < -0.3 is 0 Å². The number of aldehydes is 2. The first-order chi connectivity index (χ1) is 7.49. The highest BCUT2D eigenvalue weighted by Crippen LogP contribution is 2.33. The quantitative estimate of drug-likeness (QED) is 0.588. The Morgan fingerprint density at radius 1 is 1.12 bits per heavy atom. The molecular weight excluding hydrogens is 221 g/mol. The predicted octanol–water partition coefficient (Wildman–Crippen LogP) is 2.73. The van der Waals surface area contributed by atoms with Gasteiger partial charge in [0, 0.05) is 5.56 Å². The maximum atomic E-state index is 12.6. The summed E-state index contributed by atoms with van der Waals surface area (Å²) in [5.74, 6) is 0. The van der Waals surface area contributed by atoms with Gasteiger partial charge in [-0.05, 0) is 17.7 Å². The molecule has 1 aromatic carbocycles. The van der Waals surface area contributed by atoms with Gasteiger partial charge in [0.2, 0.25) is 0 Å². The molecule has 0 heterocycles. The molecule has 0 fully saturated rings. The van der Waals surface area contributed by atoms with E-state index >= 15 is 0 Å². The van der Waals surface area contributed by atoms with Crippen molar-refractivity contribution >= 4 is 18.6 Å². The largest absolute Gasteiger partial charge is 0.417 e. The van der Waals surface area contributed by atoms with E-state index in [0.717, 1.165) is 24.3 Å². The number of hydrogen-bond acceptors (Lipinski definition) is 2. The molecule has 0 atom stereocenters. The van der Waals surface area contributed by atoms with Crippen molar-refractivity contribution in [3.05, 3.63) is 41.0 Å². The lowest BCUT2D eigenvalue weighted by Gasteiger charge is -2.10. The highest BCUT2D eigenvalue weighted by molar-refractivity contribution is 5.78. The molecular formula is C11H7F3O2. The molecule has 1 rings (SSSR count). The number of halogens is 3. The molecule has 0 unspecified atom stereocenters. The van der Waals surface area contributed by atoms with Gasteiger partial charge in [-0.25, -0.2) is 0 Å². The maximum absolute atomic E-state index is 12.6. The Morgan fingerprint density at radius 3 is 2.31 bits per heavy atom. The van der Waals surface area contributed by atoms with Gasteiger partial charge in [0.1, 0.15) is 12.6 Å². The number of hydrogen-bond donors (Lipinski definition) is 0. The van der Waals surface area contributed by atoms with E-state index in [1.165, 1.54) is 6.07 Å². The number of carbonyl (C=O) groups is 2. The van der Waals surface area contributed by atoms with Crippen molar-refractivity contribution in [2.75, 3.05) is 0 Å². The van der Waals surface area contributed by atoms with E-state index in [-0.39, 0.29) is 11.1 Å². The van der Waals surface area contributed by atoms with E-state index in [2.05, 4.69) is 0 Å². The van der Waals surface area contributed by atoms with Crippen LogP contribution in [0.4, 0.5) is 13.2 Å². The lowest BCUT2D eigenvalue weighted by molar-refractivity contribution is -0.137. The Kier molecular flexibility index (Phi) is 3.60. The summed E-state index contributed by atoms with van der Waals surface area (Å²) in [5.41, 5.74) is -1.14. The number of carbonyl (C=O) groups excluding carboxylic acids is 2. The number of benzene rings is 1. The van der Waals surface area contributed by atoms with Crippen LogP contribution >= 0.6 is 0 Å². The first kappa shape index (κ1) is 12.2. The molecule has 0 amide bonds. The summed E-state index contributed by atoms with van der Waals surface area (Å²) < 4.78 is 37.7. The fraction of sp³-hybridized carbons (Fsp3) is 0.0909. The normalized spacial score (nSPS) is 11.7. The summed E-state index contributed by atoms with van der Waals surface area (Å²) in [4.78, 5) is 20.4. The van der Waals surface area contributed by atoms with E-state index in [0.29, 0.717) is 12.6 Å². The number of rotatable bonds is 3. The predicted molar refractivity (Wildman–Crippen MR) is 51.9 cm³/mol. The van der Waals surface area contributed by atoms with Crippen LogP contribution in [0.2, 0.25) is 0 Å². The second-order valence-electron chi connectivity index (χ2n) is 2.96. The fourth-order valence-corrected chi connectivity index (χ4v) is 1.18. The third-order valence-corrected chi connectivity index (χ3v) is 1.87. The lowest BCUT2D eigenvalue weighted by atomic mass is 10.0. The average molecular weight is 228 g/mol. The van der Waals surface area contributed by atoms with Gasteiger partial charge >= 0.3 is 6.18 Å². The Bertz CT molecular complexity index is 433. The summed E-state index contributed by atoms with van der Waals surface area (Å²) >= 11 is 0. The van der Waals surface area contributed by atoms with Gasteiger partial charge in [-0.2, -0.15) is 13.2 Å². The third kappa shape index (κ3) is 2.79. The first-order valence-electron chi connectivity index (χ1n) is 4.27. The van der Waals surface area contributed by atoms with Gasteiger partial charge in [0.05, 0.1) is 5.56 Å². The maximum Gasteiger partial charge on any atom is 0.417 e. The molecule has 0 spiro atoms. The van der Waals surface area contributed by atoms with Crippen molar-refractivity contribution in [1.29, 1.82) is 0 Å². The minimum absolute atomic E-state index is 0.0596. The molecule has 0 bridgehead atoms. The van der Waals surface area contributed by atoms with Crippen molar-refractivity contribution in [2.45, 2.75) is 6.18 Å². The van der Waals surface area contributed by atoms with Crippen LogP contribution in [-0.4, -0.2) is 12.6 Å². The van der Waals surface area contributed by atoms with E-state index in [9.17, 15) is 22.8 Å². The van der Waals surface area contributed by atoms with Crippen molar-refractivity contribution in [3.63, 3.8) is 0 Å². The molecule has 0 N–H and O–H groups in total. The number of allylic oxidation sites excluding steroid dienone is 1. The monoisotopic (exact) mass is 228 g/mol. The van der Waals surface area contributed by atoms with Crippen LogP contribution in [0.5, 0.6) is 0 Å². The van der Waals surface area contributed by atoms with Gasteiger partial charge in [-0.3, -0.25) is 9.59 Å². The molecule has 0 aromatic heterocycles. The van der Waals surface area contributed by atoms with Crippen LogP contribution in [0.25, 0.3) is 6.08 Å². The van der Waals surface area contributed by atoms with Crippen molar-refractivity contribution in [3.8, 4) is 0 Å². The molecule has 5 heteroatoms. The van der Waals surface area contributed by atoms with Crippen LogP contribution in [0, 0.1) is 0 Å². The summed E-state index contributed by atoms with van der Waals surface area (Å²) in [6, 6.07) is 3.15. The van der Waals surface area contributed by atoms with E-state index in [4.69, 9.17) is 0 Å². The third-order valence-electron chi connectivity index (χ3n) is 1.87. The molecule has 0 radical (unpaired) electrons. The zero-order valence-corrected chi connectivity index (χ0v) is 7.99. The molecule has 0 saturated heterocycles. The minimum Gasteiger partial charge on any atom is -0.299 e. The second kappa shape index (κ2) is 4.74. The smallest absolute Gasteiger partial charge is 0.299 e. The zero-order valence-electron chi connectivity index (χ0n) is 7.99. The standard InChI is InChI=1S/C11H7F3O2/c12-11(13,14)10-6-8(7-16)3-4-9(10)2-1-5-15/h1-7H. The number of alkyl halides is 3. The molecule has 84 valence electrons. The SMILES string of the molecule is O=CC=Cc1ccc(C=O)cc1C(F)(F)F. The minimum atomic E-state index is -4.55. The van der Waals surface area contributed by atoms with Crippen LogP contribution in [-0.2, 0) is 11.0 Å². The summed E-state index contributed by atoms with van der Waals surface area (Å²) in [6.45, 7) is 0. The van der Waals surface area contributed by atoms with Crippen LogP contribution in [0.15, 0.2) is 24.3 Å². The highest BCUT2D eigenvalue weighted by atomic mass is 19.4. The highest BCUT2D eigenvalue weighted by Gasteiger charge is 2.32. The molecule has 0 aliphatic rings. The van der Waals surface area contributed by atoms with E-state index in [1.807, 2.05) is 0 Å². The Balaban J connectivity index is 3.32. The summed E-state index contributed by atoms with van der Waals surface area (Å²) in [6.07, 6.45) is -1.83. The van der Waals surface area contributed by atoms with Crippen molar-refractivity contribution < 1.29 is 22.8 Å². The van der Waals surface area contributed by atoms with Crippen LogP contribution < -0.4 is 0 Å². The zero-order chi connectivity index (χ0) is 12.2. The molecule has 0 aliphatic carbocycles. The van der Waals surface area contributed by atoms with Crippen LogP contribution in [0.3, 0.4) is 0 Å². The second-order valence-corrected chi connectivity index (χ2v) is 2.96. The van der Waals surface area contributed by atoms with Gasteiger partial charge in [0.25, 0.3) is 0 Å². The van der Waals surface area contributed by atoms with Crippen molar-refractivity contribution in [2.24, 2.45) is 0 Å². The summed E-state index contributed by atoms with van der Waals surface area (Å²) in [7, 11) is 0. The van der Waals surface area contributed by atoms with Gasteiger partial charge in [0.15, 0.2) is 0 Å². The lowest BCUT2D eigenvalue weighted by Crippen LogP contribution is -2.08. The topological polar surface area (TPSA) is 34.1 Å². The molecule has 0 saturated carbocycles. The average Bonchev–Trinajstić information content (AvgIpc) is 2.25.